The molecule has 1 aliphatic rings. The number of nitrogens with zero attached hydrogens (tertiary/aromatic N) is 3. The zero-order chi connectivity index (χ0) is 18.1. The zero-order valence-electron chi connectivity index (χ0n) is 14.7. The summed E-state index contributed by atoms with van der Waals surface area (Å²) < 4.78 is 1.86. The van der Waals surface area contributed by atoms with Crippen molar-refractivity contribution in [2.24, 2.45) is 7.05 Å². The number of fused-ring (bicyclic) bond motifs is 1. The second-order valence-electron chi connectivity index (χ2n) is 6.81. The van der Waals surface area contributed by atoms with Crippen molar-refractivity contribution in [1.82, 2.24) is 14.7 Å². The lowest BCUT2D eigenvalue weighted by Gasteiger charge is -2.37. The zero-order valence-corrected chi connectivity index (χ0v) is 15.4. The number of hydrogen-bond acceptors (Lipinski definition) is 2. The number of aryl methyl sites for hydroxylation is 1. The molecule has 6 heteroatoms. The van der Waals surface area contributed by atoms with E-state index in [1.165, 1.54) is 6.42 Å². The van der Waals surface area contributed by atoms with E-state index in [0.717, 1.165) is 35.0 Å². The van der Waals surface area contributed by atoms with Gasteiger partial charge >= 0.3 is 6.03 Å². The van der Waals surface area contributed by atoms with Gasteiger partial charge in [-0.25, -0.2) is 4.79 Å². The normalized spacial score (nSPS) is 14.2. The van der Waals surface area contributed by atoms with Gasteiger partial charge in [0.2, 0.25) is 0 Å². The lowest BCUT2D eigenvalue weighted by atomic mass is 9.91. The molecule has 4 rings (SSSR count). The van der Waals surface area contributed by atoms with E-state index in [9.17, 15) is 4.79 Å². The van der Waals surface area contributed by atoms with Gasteiger partial charge in [-0.2, -0.15) is 5.10 Å². The van der Waals surface area contributed by atoms with Crippen molar-refractivity contribution in [3.8, 4) is 0 Å². The van der Waals surface area contributed by atoms with Crippen LogP contribution in [0.1, 0.15) is 24.8 Å². The molecule has 3 aromatic rings. The highest BCUT2D eigenvalue weighted by atomic mass is 35.5. The third kappa shape index (κ3) is 3.40. The maximum atomic E-state index is 12.9. The Balaban J connectivity index is 1.54. The molecule has 0 atom stereocenters. The van der Waals surface area contributed by atoms with Crippen LogP contribution in [-0.4, -0.2) is 26.8 Å². The van der Waals surface area contributed by atoms with Crippen molar-refractivity contribution in [2.45, 2.75) is 31.8 Å². The van der Waals surface area contributed by atoms with Crippen LogP contribution in [0.3, 0.4) is 0 Å². The maximum absolute atomic E-state index is 12.9. The number of amides is 2. The van der Waals surface area contributed by atoms with E-state index < -0.39 is 0 Å². The summed E-state index contributed by atoms with van der Waals surface area (Å²) in [5.41, 5.74) is 2.94. The Labute approximate surface area is 157 Å². The molecule has 5 nitrogen and oxygen atoms in total. The van der Waals surface area contributed by atoms with E-state index in [1.54, 1.807) is 12.1 Å². The van der Waals surface area contributed by atoms with Crippen molar-refractivity contribution in [2.75, 3.05) is 5.32 Å². The maximum Gasteiger partial charge on any atom is 0.322 e. The first-order valence-electron chi connectivity index (χ1n) is 8.84. The smallest absolute Gasteiger partial charge is 0.317 e. The second kappa shape index (κ2) is 7.00. The minimum Gasteiger partial charge on any atom is -0.317 e. The SMILES string of the molecule is Cn1ncc2ccc(CN(C(=O)Nc3ccc(Cl)cc3)C3CCC3)cc21. The Morgan fingerprint density at radius 1 is 1.27 bits per heavy atom. The summed E-state index contributed by atoms with van der Waals surface area (Å²) in [5, 5.41) is 9.05. The topological polar surface area (TPSA) is 50.2 Å². The number of urea groups is 1. The van der Waals surface area contributed by atoms with Crippen molar-refractivity contribution in [3.05, 3.63) is 59.2 Å². The molecule has 1 saturated carbocycles. The largest absolute Gasteiger partial charge is 0.322 e. The monoisotopic (exact) mass is 368 g/mol. The average molecular weight is 369 g/mol. The molecule has 1 N–H and O–H groups in total. The fraction of sp³-hybridized carbons (Fsp3) is 0.300. The molecule has 26 heavy (non-hydrogen) atoms. The van der Waals surface area contributed by atoms with Crippen LogP contribution in [0, 0.1) is 0 Å². The number of carbonyl (C=O) groups excluding carboxylic acids is 1. The number of rotatable bonds is 4. The van der Waals surface area contributed by atoms with Crippen molar-refractivity contribution < 1.29 is 4.79 Å². The molecule has 1 aromatic heterocycles. The fourth-order valence-electron chi connectivity index (χ4n) is 3.28. The number of hydrogen-bond donors (Lipinski definition) is 1. The van der Waals surface area contributed by atoms with Crippen molar-refractivity contribution in [3.63, 3.8) is 0 Å². The second-order valence-corrected chi connectivity index (χ2v) is 7.25. The standard InChI is InChI=1S/C20H21ClN4O/c1-24-19-11-14(5-6-15(19)12-22-24)13-25(18-3-2-4-18)20(26)23-17-9-7-16(21)8-10-17/h5-12,18H,2-4,13H2,1H3,(H,23,26). The van der Waals surface area contributed by atoms with Crippen LogP contribution in [-0.2, 0) is 13.6 Å². The summed E-state index contributed by atoms with van der Waals surface area (Å²) in [6.07, 6.45) is 5.15. The number of aromatic nitrogens is 2. The van der Waals surface area contributed by atoms with Gasteiger partial charge in [0.25, 0.3) is 0 Å². The number of halogens is 1. The molecule has 134 valence electrons. The van der Waals surface area contributed by atoms with E-state index >= 15 is 0 Å². The molecule has 0 spiro atoms. The summed E-state index contributed by atoms with van der Waals surface area (Å²) in [6, 6.07) is 13.7. The average Bonchev–Trinajstić information content (AvgIpc) is 2.95. The van der Waals surface area contributed by atoms with Crippen LogP contribution in [0.5, 0.6) is 0 Å². The molecule has 1 heterocycles. The quantitative estimate of drug-likeness (QED) is 0.718. The lowest BCUT2D eigenvalue weighted by molar-refractivity contribution is 0.143. The van der Waals surface area contributed by atoms with Crippen LogP contribution in [0.2, 0.25) is 5.02 Å². The molecule has 0 unspecified atom stereocenters. The molecule has 2 amide bonds. The van der Waals surface area contributed by atoms with Crippen molar-refractivity contribution >= 4 is 34.2 Å². The van der Waals surface area contributed by atoms with Gasteiger partial charge in [0.15, 0.2) is 0 Å². The van der Waals surface area contributed by atoms with E-state index in [1.807, 2.05) is 35.0 Å². The summed E-state index contributed by atoms with van der Waals surface area (Å²) in [6.45, 7) is 0.589. The van der Waals surface area contributed by atoms with Gasteiger partial charge in [0.1, 0.15) is 0 Å². The Morgan fingerprint density at radius 3 is 2.73 bits per heavy atom. The number of anilines is 1. The summed E-state index contributed by atoms with van der Waals surface area (Å²) in [4.78, 5) is 14.8. The Kier molecular flexibility index (Phi) is 4.55. The van der Waals surface area contributed by atoms with Gasteiger partial charge in [-0.1, -0.05) is 23.7 Å². The van der Waals surface area contributed by atoms with Gasteiger partial charge in [-0.15, -0.1) is 0 Å². The molecular formula is C20H21ClN4O. The highest BCUT2D eigenvalue weighted by Crippen LogP contribution is 2.28. The van der Waals surface area contributed by atoms with Crippen molar-refractivity contribution in [1.29, 1.82) is 0 Å². The Hall–Kier alpha value is -2.53. The summed E-state index contributed by atoms with van der Waals surface area (Å²) in [7, 11) is 1.93. The van der Waals surface area contributed by atoms with Crippen LogP contribution in [0.15, 0.2) is 48.7 Å². The fourth-order valence-corrected chi connectivity index (χ4v) is 3.40. The number of nitrogens with one attached hydrogen (secondary N) is 1. The summed E-state index contributed by atoms with van der Waals surface area (Å²) >= 11 is 5.92. The van der Waals surface area contributed by atoms with E-state index in [0.29, 0.717) is 17.6 Å². The first-order chi connectivity index (χ1) is 12.6. The van der Waals surface area contributed by atoms with E-state index in [2.05, 4.69) is 28.6 Å². The predicted octanol–water partition coefficient (Wildman–Crippen LogP) is 4.81. The molecule has 2 aromatic carbocycles. The van der Waals surface area contributed by atoms with Gasteiger partial charge in [0.05, 0.1) is 11.7 Å². The van der Waals surface area contributed by atoms with Gasteiger partial charge < -0.3 is 10.2 Å². The van der Waals surface area contributed by atoms with Crippen LogP contribution >= 0.6 is 11.6 Å². The molecule has 0 saturated heterocycles. The van der Waals surface area contributed by atoms with E-state index in [-0.39, 0.29) is 6.03 Å². The lowest BCUT2D eigenvalue weighted by Crippen LogP contribution is -2.45. The van der Waals surface area contributed by atoms with Gasteiger partial charge in [0, 0.05) is 35.7 Å². The molecule has 0 radical (unpaired) electrons. The van der Waals surface area contributed by atoms with Gasteiger partial charge in [-0.3, -0.25) is 4.68 Å². The highest BCUT2D eigenvalue weighted by molar-refractivity contribution is 6.30. The first-order valence-corrected chi connectivity index (χ1v) is 9.22. The molecule has 0 aliphatic heterocycles. The minimum absolute atomic E-state index is 0.0675. The van der Waals surface area contributed by atoms with E-state index in [4.69, 9.17) is 11.6 Å². The Bertz CT molecular complexity index is 931. The summed E-state index contributed by atoms with van der Waals surface area (Å²) in [5.74, 6) is 0. The first kappa shape index (κ1) is 16.9. The predicted molar refractivity (Wildman–Crippen MR) is 104 cm³/mol. The number of benzene rings is 2. The number of carbonyl (C=O) groups is 1. The van der Waals surface area contributed by atoms with Gasteiger partial charge in [-0.05, 0) is 55.2 Å². The molecular weight excluding hydrogens is 348 g/mol. The van der Waals surface area contributed by atoms with Crippen LogP contribution in [0.4, 0.5) is 10.5 Å². The third-order valence-corrected chi connectivity index (χ3v) is 5.29. The molecule has 1 fully saturated rings. The van der Waals surface area contributed by atoms with Crippen LogP contribution in [0.25, 0.3) is 10.9 Å². The molecule has 1 aliphatic carbocycles. The third-order valence-electron chi connectivity index (χ3n) is 5.04. The minimum atomic E-state index is -0.0675. The van der Waals surface area contributed by atoms with Crippen LogP contribution < -0.4 is 5.32 Å². The molecule has 0 bridgehead atoms. The highest BCUT2D eigenvalue weighted by Gasteiger charge is 2.29. The Morgan fingerprint density at radius 2 is 2.04 bits per heavy atom.